The number of Topliss-reactive ketones (excluding diaryl/α,β-unsaturated/α-hetero) is 1. The van der Waals surface area contributed by atoms with Crippen LogP contribution in [-0.4, -0.2) is 12.1 Å². The van der Waals surface area contributed by atoms with Crippen LogP contribution >= 0.6 is 23.2 Å². The number of carbonyl (C=O) groups excluding carboxylic acids is 2. The van der Waals surface area contributed by atoms with Crippen LogP contribution in [0.25, 0.3) is 0 Å². The van der Waals surface area contributed by atoms with Crippen LogP contribution in [0, 0.1) is 0 Å². The molecule has 0 saturated carbocycles. The van der Waals surface area contributed by atoms with Gasteiger partial charge in [-0.1, -0.05) is 29.3 Å². The Balaban J connectivity index is 3.12. The summed E-state index contributed by atoms with van der Waals surface area (Å²) in [7, 11) is 0. The number of rotatable bonds is 3. The van der Waals surface area contributed by atoms with E-state index in [9.17, 15) is 9.59 Å². The van der Waals surface area contributed by atoms with Crippen LogP contribution in [-0.2, 0) is 4.79 Å². The lowest BCUT2D eigenvalue weighted by atomic mass is 10.1. The van der Waals surface area contributed by atoms with Crippen LogP contribution in [0.4, 0.5) is 0 Å². The zero-order chi connectivity index (χ0) is 9.84. The SMILES string of the molecule is O=CCC(=O)c1c(Cl)cccc1Cl. The fourth-order valence-electron chi connectivity index (χ4n) is 0.942. The van der Waals surface area contributed by atoms with E-state index in [0.717, 1.165) is 0 Å². The molecule has 0 saturated heterocycles. The van der Waals surface area contributed by atoms with Gasteiger partial charge in [-0.2, -0.15) is 0 Å². The van der Waals surface area contributed by atoms with Crippen LogP contribution in [0.5, 0.6) is 0 Å². The van der Waals surface area contributed by atoms with E-state index in [0.29, 0.717) is 6.29 Å². The molecule has 4 heteroatoms. The highest BCUT2D eigenvalue weighted by atomic mass is 35.5. The Morgan fingerprint density at radius 3 is 2.31 bits per heavy atom. The van der Waals surface area contributed by atoms with Crippen molar-refractivity contribution in [1.82, 2.24) is 0 Å². The van der Waals surface area contributed by atoms with Crippen LogP contribution < -0.4 is 0 Å². The van der Waals surface area contributed by atoms with Crippen molar-refractivity contribution in [1.29, 1.82) is 0 Å². The van der Waals surface area contributed by atoms with Crippen molar-refractivity contribution in [2.24, 2.45) is 0 Å². The number of benzene rings is 1. The van der Waals surface area contributed by atoms with Gasteiger partial charge in [0.05, 0.1) is 22.0 Å². The minimum absolute atomic E-state index is 0.191. The van der Waals surface area contributed by atoms with E-state index in [-0.39, 0.29) is 27.8 Å². The van der Waals surface area contributed by atoms with E-state index in [4.69, 9.17) is 23.2 Å². The monoisotopic (exact) mass is 216 g/mol. The Morgan fingerprint density at radius 1 is 1.31 bits per heavy atom. The molecule has 0 amide bonds. The number of hydrogen-bond acceptors (Lipinski definition) is 2. The highest BCUT2D eigenvalue weighted by molar-refractivity contribution is 6.40. The molecule has 0 unspecified atom stereocenters. The summed E-state index contributed by atoms with van der Waals surface area (Å²) in [5.41, 5.74) is 0.220. The Morgan fingerprint density at radius 2 is 1.85 bits per heavy atom. The standard InChI is InChI=1S/C9H6Cl2O2/c10-6-2-1-3-7(11)9(6)8(13)4-5-12/h1-3,5H,4H2. The molecular formula is C9H6Cl2O2. The van der Waals surface area contributed by atoms with Gasteiger partial charge in [0, 0.05) is 0 Å². The van der Waals surface area contributed by atoms with E-state index in [1.54, 1.807) is 18.2 Å². The van der Waals surface area contributed by atoms with E-state index in [1.165, 1.54) is 0 Å². The average molecular weight is 217 g/mol. The van der Waals surface area contributed by atoms with Crippen molar-refractivity contribution in [2.45, 2.75) is 6.42 Å². The minimum Gasteiger partial charge on any atom is -0.303 e. The van der Waals surface area contributed by atoms with Gasteiger partial charge in [-0.25, -0.2) is 0 Å². The molecule has 0 spiro atoms. The maximum Gasteiger partial charge on any atom is 0.172 e. The van der Waals surface area contributed by atoms with E-state index >= 15 is 0 Å². The second-order valence-corrected chi connectivity index (χ2v) is 3.21. The van der Waals surface area contributed by atoms with E-state index in [1.807, 2.05) is 0 Å². The van der Waals surface area contributed by atoms with Gasteiger partial charge in [0.1, 0.15) is 6.29 Å². The van der Waals surface area contributed by atoms with Gasteiger partial charge in [0.15, 0.2) is 5.78 Å². The smallest absolute Gasteiger partial charge is 0.172 e. The maximum absolute atomic E-state index is 11.3. The summed E-state index contributed by atoms with van der Waals surface area (Å²) in [5, 5.41) is 0.554. The quantitative estimate of drug-likeness (QED) is 0.443. The second-order valence-electron chi connectivity index (χ2n) is 2.39. The third kappa shape index (κ3) is 2.29. The molecule has 0 aromatic heterocycles. The summed E-state index contributed by atoms with van der Waals surface area (Å²) in [5.74, 6) is -0.356. The Bertz CT molecular complexity index is 327. The Hall–Kier alpha value is -0.860. The number of aldehydes is 1. The van der Waals surface area contributed by atoms with Gasteiger partial charge in [0.25, 0.3) is 0 Å². The summed E-state index contributed by atoms with van der Waals surface area (Å²) in [6.07, 6.45) is 0.339. The topological polar surface area (TPSA) is 34.1 Å². The number of carbonyl (C=O) groups is 2. The first-order valence-electron chi connectivity index (χ1n) is 3.57. The largest absolute Gasteiger partial charge is 0.303 e. The van der Waals surface area contributed by atoms with Crippen LogP contribution in [0.3, 0.4) is 0 Å². The van der Waals surface area contributed by atoms with E-state index < -0.39 is 0 Å². The molecule has 0 radical (unpaired) electrons. The van der Waals surface area contributed by atoms with E-state index in [2.05, 4.69) is 0 Å². The highest BCUT2D eigenvalue weighted by Crippen LogP contribution is 2.25. The Labute approximate surface area is 85.5 Å². The van der Waals surface area contributed by atoms with Crippen LogP contribution in [0.1, 0.15) is 16.8 Å². The van der Waals surface area contributed by atoms with Crippen molar-refractivity contribution in [3.63, 3.8) is 0 Å². The average Bonchev–Trinajstić information content (AvgIpc) is 2.04. The van der Waals surface area contributed by atoms with Crippen molar-refractivity contribution in [3.05, 3.63) is 33.8 Å². The van der Waals surface area contributed by atoms with Crippen molar-refractivity contribution in [3.8, 4) is 0 Å². The molecule has 0 atom stereocenters. The lowest BCUT2D eigenvalue weighted by molar-refractivity contribution is -0.107. The molecule has 1 aromatic carbocycles. The maximum atomic E-state index is 11.3. The van der Waals surface area contributed by atoms with Gasteiger partial charge >= 0.3 is 0 Å². The molecule has 0 N–H and O–H groups in total. The fraction of sp³-hybridized carbons (Fsp3) is 0.111. The third-order valence-electron chi connectivity index (χ3n) is 1.51. The first-order chi connectivity index (χ1) is 6.16. The van der Waals surface area contributed by atoms with Gasteiger partial charge in [-0.15, -0.1) is 0 Å². The lowest BCUT2D eigenvalue weighted by Crippen LogP contribution is -2.01. The van der Waals surface area contributed by atoms with Crippen LogP contribution in [0.2, 0.25) is 10.0 Å². The molecule has 68 valence electrons. The fourth-order valence-corrected chi connectivity index (χ4v) is 1.55. The minimum atomic E-state index is -0.356. The molecule has 0 bridgehead atoms. The van der Waals surface area contributed by atoms with Gasteiger partial charge < -0.3 is 4.79 Å². The van der Waals surface area contributed by atoms with Crippen molar-refractivity contribution < 1.29 is 9.59 Å². The molecule has 13 heavy (non-hydrogen) atoms. The Kier molecular flexibility index (Phi) is 3.46. The predicted molar refractivity (Wildman–Crippen MR) is 51.5 cm³/mol. The first-order valence-corrected chi connectivity index (χ1v) is 4.33. The number of halogens is 2. The van der Waals surface area contributed by atoms with Gasteiger partial charge in [0.2, 0.25) is 0 Å². The normalized spacial score (nSPS) is 9.69. The zero-order valence-corrected chi connectivity index (χ0v) is 8.10. The van der Waals surface area contributed by atoms with Crippen molar-refractivity contribution in [2.75, 3.05) is 0 Å². The highest BCUT2D eigenvalue weighted by Gasteiger charge is 2.13. The molecular weight excluding hydrogens is 211 g/mol. The summed E-state index contributed by atoms with van der Waals surface area (Å²) in [6.45, 7) is 0. The molecule has 1 aromatic rings. The summed E-state index contributed by atoms with van der Waals surface area (Å²) < 4.78 is 0. The van der Waals surface area contributed by atoms with Crippen LogP contribution in [0.15, 0.2) is 18.2 Å². The predicted octanol–water partition coefficient (Wildman–Crippen LogP) is 2.77. The number of hydrogen-bond donors (Lipinski definition) is 0. The summed E-state index contributed by atoms with van der Waals surface area (Å²) >= 11 is 11.5. The molecule has 0 aliphatic heterocycles. The van der Waals surface area contributed by atoms with Crippen molar-refractivity contribution >= 4 is 35.3 Å². The molecule has 0 aliphatic carbocycles. The molecule has 0 fully saturated rings. The number of ketones is 1. The summed E-state index contributed by atoms with van der Waals surface area (Å²) in [6, 6.07) is 4.76. The summed E-state index contributed by atoms with van der Waals surface area (Å²) in [4.78, 5) is 21.4. The molecule has 1 rings (SSSR count). The first kappa shape index (κ1) is 10.2. The van der Waals surface area contributed by atoms with Gasteiger partial charge in [-0.05, 0) is 12.1 Å². The molecule has 2 nitrogen and oxygen atoms in total. The lowest BCUT2D eigenvalue weighted by Gasteiger charge is -2.02. The molecule has 0 aliphatic rings. The third-order valence-corrected chi connectivity index (χ3v) is 2.14. The van der Waals surface area contributed by atoms with Gasteiger partial charge in [-0.3, -0.25) is 4.79 Å². The molecule has 0 heterocycles. The zero-order valence-electron chi connectivity index (χ0n) is 6.59. The second kappa shape index (κ2) is 4.40.